The van der Waals surface area contributed by atoms with Crippen LogP contribution in [0.5, 0.6) is 5.75 Å². The predicted molar refractivity (Wildman–Crippen MR) is 130 cm³/mol. The molecule has 32 heavy (non-hydrogen) atoms. The summed E-state index contributed by atoms with van der Waals surface area (Å²) >= 11 is 18.6. The van der Waals surface area contributed by atoms with Gasteiger partial charge in [-0.1, -0.05) is 54.7 Å². The number of carbonyl (C=O) groups excluding carboxylic acids is 1. The Morgan fingerprint density at radius 3 is 2.38 bits per heavy atom. The van der Waals surface area contributed by atoms with Gasteiger partial charge in [0, 0.05) is 11.1 Å². The number of methoxy groups -OCH3 is 1. The van der Waals surface area contributed by atoms with Crippen LogP contribution in [-0.4, -0.2) is 18.0 Å². The Kier molecular flexibility index (Phi) is 6.33. The SMILES string of the molecule is COc1c(Cl)cc(C(=O)Nc2cc(-c3nc4cc(C(C)C)ccc4o3)ccc2Cl)cc1Cl. The van der Waals surface area contributed by atoms with E-state index in [2.05, 4.69) is 24.1 Å². The van der Waals surface area contributed by atoms with E-state index in [1.807, 2.05) is 18.2 Å². The summed E-state index contributed by atoms with van der Waals surface area (Å²) in [6.45, 7) is 4.25. The average molecular weight is 490 g/mol. The largest absolute Gasteiger partial charge is 0.494 e. The Bertz CT molecular complexity index is 1310. The van der Waals surface area contributed by atoms with Crippen molar-refractivity contribution in [1.82, 2.24) is 4.98 Å². The lowest BCUT2D eigenvalue weighted by atomic mass is 10.0. The van der Waals surface area contributed by atoms with E-state index in [0.29, 0.717) is 39.4 Å². The maximum absolute atomic E-state index is 12.8. The number of amides is 1. The van der Waals surface area contributed by atoms with Gasteiger partial charge < -0.3 is 14.5 Å². The van der Waals surface area contributed by atoms with Crippen LogP contribution in [0.1, 0.15) is 35.7 Å². The van der Waals surface area contributed by atoms with Crippen molar-refractivity contribution >= 4 is 57.5 Å². The van der Waals surface area contributed by atoms with Crippen LogP contribution in [0, 0.1) is 0 Å². The summed E-state index contributed by atoms with van der Waals surface area (Å²) in [6, 6.07) is 14.1. The maximum atomic E-state index is 12.8. The number of carbonyl (C=O) groups is 1. The summed E-state index contributed by atoms with van der Waals surface area (Å²) in [6.07, 6.45) is 0. The van der Waals surface area contributed by atoms with Crippen LogP contribution in [0.3, 0.4) is 0 Å². The minimum atomic E-state index is -0.422. The van der Waals surface area contributed by atoms with Crippen LogP contribution in [0.2, 0.25) is 15.1 Å². The first-order chi connectivity index (χ1) is 15.3. The smallest absolute Gasteiger partial charge is 0.255 e. The highest BCUT2D eigenvalue weighted by Gasteiger charge is 2.16. The number of oxazole rings is 1. The van der Waals surface area contributed by atoms with E-state index in [0.717, 1.165) is 5.52 Å². The Labute approximate surface area is 200 Å². The van der Waals surface area contributed by atoms with Gasteiger partial charge in [0.15, 0.2) is 11.3 Å². The first-order valence-corrected chi connectivity index (χ1v) is 10.9. The summed E-state index contributed by atoms with van der Waals surface area (Å²) in [5.41, 5.74) is 3.99. The van der Waals surface area contributed by atoms with E-state index in [1.165, 1.54) is 24.8 Å². The number of fused-ring (bicyclic) bond motifs is 1. The minimum Gasteiger partial charge on any atom is -0.494 e. The molecule has 0 saturated heterocycles. The molecule has 0 spiro atoms. The van der Waals surface area contributed by atoms with Crippen molar-refractivity contribution in [2.75, 3.05) is 12.4 Å². The normalized spacial score (nSPS) is 11.2. The molecule has 164 valence electrons. The third-order valence-corrected chi connectivity index (χ3v) is 5.90. The molecule has 0 fully saturated rings. The number of halogens is 3. The molecule has 0 radical (unpaired) electrons. The van der Waals surface area contributed by atoms with Crippen molar-refractivity contribution in [3.8, 4) is 17.2 Å². The molecule has 0 saturated carbocycles. The van der Waals surface area contributed by atoms with Gasteiger partial charge in [0.1, 0.15) is 5.52 Å². The zero-order valence-electron chi connectivity index (χ0n) is 17.5. The van der Waals surface area contributed by atoms with Crippen LogP contribution < -0.4 is 10.1 Å². The first kappa shape index (κ1) is 22.5. The molecule has 0 aliphatic heterocycles. The Morgan fingerprint density at radius 2 is 1.72 bits per heavy atom. The second-order valence-electron chi connectivity index (χ2n) is 7.52. The van der Waals surface area contributed by atoms with E-state index in [-0.39, 0.29) is 15.6 Å². The number of hydrogen-bond donors (Lipinski definition) is 1. The molecular weight excluding hydrogens is 471 g/mol. The first-order valence-electron chi connectivity index (χ1n) is 9.81. The van der Waals surface area contributed by atoms with Crippen LogP contribution in [0.25, 0.3) is 22.6 Å². The van der Waals surface area contributed by atoms with Crippen LogP contribution in [0.4, 0.5) is 5.69 Å². The molecule has 1 amide bonds. The van der Waals surface area contributed by atoms with Crippen LogP contribution in [-0.2, 0) is 0 Å². The molecule has 1 heterocycles. The van der Waals surface area contributed by atoms with Gasteiger partial charge in [-0.25, -0.2) is 4.98 Å². The molecule has 5 nitrogen and oxygen atoms in total. The molecule has 3 aromatic carbocycles. The highest BCUT2D eigenvalue weighted by molar-refractivity contribution is 6.38. The molecule has 1 aromatic heterocycles. The summed E-state index contributed by atoms with van der Waals surface area (Å²) in [5.74, 6) is 0.705. The molecule has 0 bridgehead atoms. The lowest BCUT2D eigenvalue weighted by Gasteiger charge is -2.11. The van der Waals surface area contributed by atoms with Gasteiger partial charge in [-0.05, 0) is 53.9 Å². The van der Waals surface area contributed by atoms with Crippen molar-refractivity contribution < 1.29 is 13.9 Å². The van der Waals surface area contributed by atoms with E-state index in [1.54, 1.807) is 18.2 Å². The van der Waals surface area contributed by atoms with Gasteiger partial charge in [-0.15, -0.1) is 0 Å². The Balaban J connectivity index is 1.65. The summed E-state index contributed by atoms with van der Waals surface area (Å²) in [7, 11) is 1.45. The molecule has 1 N–H and O–H groups in total. The monoisotopic (exact) mass is 488 g/mol. The van der Waals surface area contributed by atoms with Crippen LogP contribution in [0.15, 0.2) is 52.9 Å². The van der Waals surface area contributed by atoms with Gasteiger partial charge in [0.2, 0.25) is 5.89 Å². The van der Waals surface area contributed by atoms with E-state index in [4.69, 9.17) is 44.0 Å². The molecule has 4 aromatic rings. The minimum absolute atomic E-state index is 0.234. The van der Waals surface area contributed by atoms with Gasteiger partial charge in [0.25, 0.3) is 5.91 Å². The fourth-order valence-electron chi connectivity index (χ4n) is 3.26. The molecular formula is C24H19Cl3N2O3. The van der Waals surface area contributed by atoms with Crippen molar-refractivity contribution in [2.24, 2.45) is 0 Å². The van der Waals surface area contributed by atoms with Gasteiger partial charge in [-0.3, -0.25) is 4.79 Å². The summed E-state index contributed by atoms with van der Waals surface area (Å²) < 4.78 is 11.0. The predicted octanol–water partition coefficient (Wildman–Crippen LogP) is 7.84. The molecule has 0 aliphatic rings. The zero-order chi connectivity index (χ0) is 23.0. The number of nitrogens with zero attached hydrogens (tertiary/aromatic N) is 1. The number of hydrogen-bond acceptors (Lipinski definition) is 4. The zero-order valence-corrected chi connectivity index (χ0v) is 19.8. The van der Waals surface area contributed by atoms with Crippen molar-refractivity contribution in [3.05, 3.63) is 74.7 Å². The van der Waals surface area contributed by atoms with E-state index in [9.17, 15) is 4.79 Å². The Morgan fingerprint density at radius 1 is 1.00 bits per heavy atom. The van der Waals surface area contributed by atoms with Crippen molar-refractivity contribution in [3.63, 3.8) is 0 Å². The quantitative estimate of drug-likeness (QED) is 0.310. The number of nitrogens with one attached hydrogen (secondary N) is 1. The van der Waals surface area contributed by atoms with Crippen molar-refractivity contribution in [2.45, 2.75) is 19.8 Å². The number of anilines is 1. The topological polar surface area (TPSA) is 64.4 Å². The third-order valence-electron chi connectivity index (χ3n) is 5.00. The number of benzene rings is 3. The number of rotatable bonds is 5. The fraction of sp³-hybridized carbons (Fsp3) is 0.167. The summed E-state index contributed by atoms with van der Waals surface area (Å²) in [4.78, 5) is 17.4. The van der Waals surface area contributed by atoms with Gasteiger partial charge >= 0.3 is 0 Å². The number of aromatic nitrogens is 1. The molecule has 0 unspecified atom stereocenters. The van der Waals surface area contributed by atoms with E-state index >= 15 is 0 Å². The average Bonchev–Trinajstić information content (AvgIpc) is 3.18. The van der Waals surface area contributed by atoms with Crippen LogP contribution >= 0.6 is 34.8 Å². The highest BCUT2D eigenvalue weighted by Crippen LogP contribution is 2.35. The fourth-order valence-corrected chi connectivity index (χ4v) is 4.07. The molecule has 4 rings (SSSR count). The second kappa shape index (κ2) is 9.02. The third kappa shape index (κ3) is 4.42. The van der Waals surface area contributed by atoms with Gasteiger partial charge in [0.05, 0.1) is 27.9 Å². The standard InChI is InChI=1S/C24H19Cl3N2O3/c1-12(2)13-5-7-21-20(10-13)29-24(32-21)14-4-6-16(25)19(11-14)28-23(30)15-8-17(26)22(31-3)18(27)9-15/h4-12H,1-3H3,(H,28,30). The van der Waals surface area contributed by atoms with E-state index < -0.39 is 5.91 Å². The summed E-state index contributed by atoms with van der Waals surface area (Å²) in [5, 5.41) is 3.62. The lowest BCUT2D eigenvalue weighted by Crippen LogP contribution is -2.12. The maximum Gasteiger partial charge on any atom is 0.255 e. The molecule has 8 heteroatoms. The highest BCUT2D eigenvalue weighted by atomic mass is 35.5. The molecule has 0 atom stereocenters. The second-order valence-corrected chi connectivity index (χ2v) is 8.74. The van der Waals surface area contributed by atoms with Crippen molar-refractivity contribution in [1.29, 1.82) is 0 Å². The Hall–Kier alpha value is -2.73. The lowest BCUT2D eigenvalue weighted by molar-refractivity contribution is 0.102. The molecule has 0 aliphatic carbocycles. The van der Waals surface area contributed by atoms with Gasteiger partial charge in [-0.2, -0.15) is 0 Å². The number of ether oxygens (including phenoxy) is 1.